The van der Waals surface area contributed by atoms with Crippen LogP contribution in [0, 0.1) is 0 Å². The molecular formula is C57H36N4O. The van der Waals surface area contributed by atoms with E-state index in [9.17, 15) is 0 Å². The number of hydrogen-bond acceptors (Lipinski definition) is 4. The minimum absolute atomic E-state index is 0.613. The predicted octanol–water partition coefficient (Wildman–Crippen LogP) is 14.9. The average Bonchev–Trinajstić information content (AvgIpc) is 3.91. The minimum atomic E-state index is 0.613. The molecule has 0 unspecified atom stereocenters. The van der Waals surface area contributed by atoms with Gasteiger partial charge in [0.1, 0.15) is 11.2 Å². The van der Waals surface area contributed by atoms with E-state index >= 15 is 0 Å². The third kappa shape index (κ3) is 6.06. The van der Waals surface area contributed by atoms with Gasteiger partial charge in [0.15, 0.2) is 17.5 Å². The van der Waals surface area contributed by atoms with Gasteiger partial charge in [0.2, 0.25) is 0 Å². The van der Waals surface area contributed by atoms with Crippen LogP contribution in [0.4, 0.5) is 0 Å². The molecule has 290 valence electrons. The van der Waals surface area contributed by atoms with E-state index in [1.54, 1.807) is 0 Å². The predicted molar refractivity (Wildman–Crippen MR) is 254 cm³/mol. The molecule has 5 nitrogen and oxygen atoms in total. The second-order valence-corrected chi connectivity index (χ2v) is 15.6. The molecule has 0 aliphatic carbocycles. The number of fused-ring (bicyclic) bond motifs is 6. The highest BCUT2D eigenvalue weighted by molar-refractivity contribution is 6.16. The van der Waals surface area contributed by atoms with Crippen molar-refractivity contribution in [3.8, 4) is 73.2 Å². The maximum Gasteiger partial charge on any atom is 0.164 e. The highest BCUT2D eigenvalue weighted by atomic mass is 16.3. The molecule has 62 heavy (non-hydrogen) atoms. The Bertz CT molecular complexity index is 3610. The molecule has 3 heterocycles. The van der Waals surface area contributed by atoms with Crippen molar-refractivity contribution in [2.45, 2.75) is 0 Å². The van der Waals surface area contributed by atoms with Crippen LogP contribution in [0.3, 0.4) is 0 Å². The van der Waals surface area contributed by atoms with Gasteiger partial charge in [-0.3, -0.25) is 0 Å². The van der Waals surface area contributed by atoms with Gasteiger partial charge >= 0.3 is 0 Å². The molecule has 0 atom stereocenters. The van der Waals surface area contributed by atoms with Crippen LogP contribution >= 0.6 is 0 Å². The first-order valence-corrected chi connectivity index (χ1v) is 20.8. The summed E-state index contributed by atoms with van der Waals surface area (Å²) in [5.41, 5.74) is 14.5. The van der Waals surface area contributed by atoms with Crippen molar-refractivity contribution in [2.24, 2.45) is 0 Å². The summed E-state index contributed by atoms with van der Waals surface area (Å²) < 4.78 is 8.97. The molecule has 0 amide bonds. The lowest BCUT2D eigenvalue weighted by atomic mass is 9.94. The van der Waals surface area contributed by atoms with Gasteiger partial charge in [0.05, 0.1) is 11.0 Å². The largest absolute Gasteiger partial charge is 0.455 e. The van der Waals surface area contributed by atoms with Crippen LogP contribution < -0.4 is 0 Å². The molecule has 5 heteroatoms. The molecule has 0 bridgehead atoms. The summed E-state index contributed by atoms with van der Waals surface area (Å²) in [4.78, 5) is 15.2. The average molecular weight is 793 g/mol. The fourth-order valence-corrected chi connectivity index (χ4v) is 8.91. The van der Waals surface area contributed by atoms with Gasteiger partial charge in [0.25, 0.3) is 0 Å². The molecule has 0 saturated heterocycles. The molecular weight excluding hydrogens is 757 g/mol. The van der Waals surface area contributed by atoms with Crippen LogP contribution in [0.5, 0.6) is 0 Å². The molecule has 0 saturated carbocycles. The van der Waals surface area contributed by atoms with Crippen LogP contribution in [0.25, 0.3) is 117 Å². The van der Waals surface area contributed by atoms with E-state index in [1.807, 2.05) is 42.5 Å². The Hall–Kier alpha value is -8.41. The second-order valence-electron chi connectivity index (χ2n) is 15.6. The van der Waals surface area contributed by atoms with E-state index in [-0.39, 0.29) is 0 Å². The van der Waals surface area contributed by atoms with Crippen LogP contribution in [-0.2, 0) is 0 Å². The Morgan fingerprint density at radius 2 is 0.871 bits per heavy atom. The van der Waals surface area contributed by atoms with E-state index in [2.05, 4.69) is 180 Å². The highest BCUT2D eigenvalue weighted by Gasteiger charge is 2.21. The SMILES string of the molecule is c1ccc(-c2cccc(-c3nc(-c4ccccc4)nc(-c4ccc(-n5c6ccccc6c6cccc(-c7cc(-c8ccccc8)c8oc9ccccc9c8c7)c65)cc4)n3)c2)cc1. The Morgan fingerprint density at radius 1 is 0.323 bits per heavy atom. The number of aromatic nitrogens is 4. The molecule has 3 aromatic heterocycles. The Morgan fingerprint density at radius 3 is 1.61 bits per heavy atom. The Labute approximate surface area is 357 Å². The first-order valence-electron chi connectivity index (χ1n) is 20.8. The van der Waals surface area contributed by atoms with Gasteiger partial charge in [-0.25, -0.2) is 15.0 Å². The summed E-state index contributed by atoms with van der Waals surface area (Å²) in [7, 11) is 0. The van der Waals surface area contributed by atoms with Crippen LogP contribution in [0.15, 0.2) is 223 Å². The lowest BCUT2D eigenvalue weighted by molar-refractivity contribution is 0.670. The molecule has 0 spiro atoms. The van der Waals surface area contributed by atoms with E-state index in [1.165, 1.54) is 10.8 Å². The van der Waals surface area contributed by atoms with Crippen LogP contribution in [0.1, 0.15) is 0 Å². The Kier molecular flexibility index (Phi) is 8.42. The van der Waals surface area contributed by atoms with E-state index in [0.29, 0.717) is 17.5 Å². The van der Waals surface area contributed by atoms with Gasteiger partial charge in [-0.15, -0.1) is 0 Å². The smallest absolute Gasteiger partial charge is 0.164 e. The number of furan rings is 1. The monoisotopic (exact) mass is 792 g/mol. The van der Waals surface area contributed by atoms with Crippen LogP contribution in [-0.4, -0.2) is 19.5 Å². The summed E-state index contributed by atoms with van der Waals surface area (Å²) >= 11 is 0. The van der Waals surface area contributed by atoms with Crippen LogP contribution in [0.2, 0.25) is 0 Å². The number of benzene rings is 9. The standard InChI is InChI=1S/C57H36N4O/c1-4-16-37(17-5-1)41-22-14-23-42(34-41)57-59-55(39-20-8-3-9-21-39)58-56(60-57)40-30-32-44(33-31-40)61-51-28-12-10-24-46(51)48-27-15-26-45(53(48)61)43-35-49(38-18-6-2-7-19-38)54-50(36-43)47-25-11-13-29-52(47)62-54/h1-36H. The molecule has 9 aromatic carbocycles. The second kappa shape index (κ2) is 14.7. The van der Waals surface area contributed by atoms with Crippen molar-refractivity contribution in [3.05, 3.63) is 218 Å². The van der Waals surface area contributed by atoms with E-state index < -0.39 is 0 Å². The van der Waals surface area contributed by atoms with E-state index in [4.69, 9.17) is 19.4 Å². The number of para-hydroxylation sites is 3. The minimum Gasteiger partial charge on any atom is -0.455 e. The zero-order chi connectivity index (χ0) is 41.0. The molecule has 12 aromatic rings. The zero-order valence-electron chi connectivity index (χ0n) is 33.5. The van der Waals surface area contributed by atoms with Gasteiger partial charge in [-0.2, -0.15) is 0 Å². The number of hydrogen-bond donors (Lipinski definition) is 0. The third-order valence-corrected chi connectivity index (χ3v) is 11.8. The lowest BCUT2D eigenvalue weighted by Crippen LogP contribution is -2.01. The first-order chi connectivity index (χ1) is 30.7. The topological polar surface area (TPSA) is 56.7 Å². The summed E-state index contributed by atoms with van der Waals surface area (Å²) in [6, 6.07) is 76.3. The quantitative estimate of drug-likeness (QED) is 0.161. The van der Waals surface area contributed by atoms with Gasteiger partial charge in [-0.05, 0) is 76.9 Å². The maximum absolute atomic E-state index is 6.57. The molecule has 0 aliphatic rings. The van der Waals surface area contributed by atoms with Gasteiger partial charge < -0.3 is 8.98 Å². The van der Waals surface area contributed by atoms with Crippen molar-refractivity contribution in [1.29, 1.82) is 0 Å². The summed E-state index contributed by atoms with van der Waals surface area (Å²) in [5.74, 6) is 1.87. The van der Waals surface area contributed by atoms with Crippen molar-refractivity contribution < 1.29 is 4.42 Å². The molecule has 0 N–H and O–H groups in total. The Balaban J connectivity index is 1.02. The molecule has 0 aliphatic heterocycles. The molecule has 12 rings (SSSR count). The summed E-state index contributed by atoms with van der Waals surface area (Å²) in [6.07, 6.45) is 0. The highest BCUT2D eigenvalue weighted by Crippen LogP contribution is 2.43. The van der Waals surface area contributed by atoms with Gasteiger partial charge in [0, 0.05) is 55.0 Å². The van der Waals surface area contributed by atoms with E-state index in [0.717, 1.165) is 88.7 Å². The molecule has 0 fully saturated rings. The molecule has 0 radical (unpaired) electrons. The normalized spacial score (nSPS) is 11.5. The van der Waals surface area contributed by atoms with Crippen molar-refractivity contribution in [1.82, 2.24) is 19.5 Å². The summed E-state index contributed by atoms with van der Waals surface area (Å²) in [6.45, 7) is 0. The lowest BCUT2D eigenvalue weighted by Gasteiger charge is -2.14. The maximum atomic E-state index is 6.57. The fourth-order valence-electron chi connectivity index (χ4n) is 8.91. The van der Waals surface area contributed by atoms with Crippen molar-refractivity contribution in [2.75, 3.05) is 0 Å². The number of rotatable bonds is 7. The third-order valence-electron chi connectivity index (χ3n) is 11.8. The number of nitrogens with zero attached hydrogens (tertiary/aromatic N) is 4. The van der Waals surface area contributed by atoms with Crippen molar-refractivity contribution in [3.63, 3.8) is 0 Å². The van der Waals surface area contributed by atoms with Gasteiger partial charge in [-0.1, -0.05) is 164 Å². The summed E-state index contributed by atoms with van der Waals surface area (Å²) in [5, 5.41) is 4.58. The zero-order valence-corrected chi connectivity index (χ0v) is 33.5. The first kappa shape index (κ1) is 35.5. The fraction of sp³-hybridized carbons (Fsp3) is 0. The van der Waals surface area contributed by atoms with Crippen molar-refractivity contribution >= 4 is 43.7 Å².